The first-order valence-electron chi connectivity index (χ1n) is 8.25. The van der Waals surface area contributed by atoms with Crippen molar-refractivity contribution in [2.45, 2.75) is 13.3 Å². The van der Waals surface area contributed by atoms with Crippen molar-refractivity contribution in [3.8, 4) is 0 Å². The fourth-order valence-electron chi connectivity index (χ4n) is 5.06. The van der Waals surface area contributed by atoms with E-state index in [2.05, 4.69) is 12.2 Å². The van der Waals surface area contributed by atoms with E-state index in [1.54, 1.807) is 24.3 Å². The number of rotatable bonds is 2. The molecule has 23 heavy (non-hydrogen) atoms. The molecule has 0 radical (unpaired) electrons. The Balaban J connectivity index is 1.53. The quantitative estimate of drug-likeness (QED) is 0.479. The predicted molar refractivity (Wildman–Crippen MR) is 83.6 cm³/mol. The molecule has 2 amide bonds. The highest BCUT2D eigenvalue weighted by atomic mass is 16.2. The molecule has 1 aromatic rings. The standard InChI is InChI=1S/C19H17NO3/c1-9(21)10-2-4-11(5-3-10)20-18(22)16-12-6-7-13(15-8-14(12)15)17(16)19(20)23/h2-7,12-17H,8H2,1H3/t12-,13-,14-,15-,16+,17+/m0/s1. The molecule has 1 heterocycles. The molecule has 1 saturated heterocycles. The molecule has 1 aliphatic heterocycles. The Bertz CT molecular complexity index is 742. The lowest BCUT2D eigenvalue weighted by Crippen LogP contribution is -2.40. The lowest BCUT2D eigenvalue weighted by atomic mass is 9.63. The van der Waals surface area contributed by atoms with E-state index in [4.69, 9.17) is 0 Å². The van der Waals surface area contributed by atoms with Crippen LogP contribution in [0.25, 0.3) is 0 Å². The van der Waals surface area contributed by atoms with Crippen molar-refractivity contribution in [1.82, 2.24) is 0 Å². The van der Waals surface area contributed by atoms with Gasteiger partial charge in [0.25, 0.3) is 0 Å². The first-order valence-corrected chi connectivity index (χ1v) is 8.25. The Morgan fingerprint density at radius 1 is 0.957 bits per heavy atom. The van der Waals surface area contributed by atoms with Gasteiger partial charge in [-0.15, -0.1) is 0 Å². The summed E-state index contributed by atoms with van der Waals surface area (Å²) in [7, 11) is 0. The minimum Gasteiger partial charge on any atom is -0.295 e. The van der Waals surface area contributed by atoms with Crippen LogP contribution in [0.15, 0.2) is 36.4 Å². The maximum Gasteiger partial charge on any atom is 0.238 e. The van der Waals surface area contributed by atoms with Crippen LogP contribution >= 0.6 is 0 Å². The second-order valence-electron chi connectivity index (χ2n) is 7.27. The second-order valence-corrected chi connectivity index (χ2v) is 7.27. The van der Waals surface area contributed by atoms with Gasteiger partial charge in [0.1, 0.15) is 0 Å². The molecule has 6 rings (SSSR count). The Morgan fingerprint density at radius 3 is 1.96 bits per heavy atom. The molecule has 0 aromatic heterocycles. The largest absolute Gasteiger partial charge is 0.295 e. The summed E-state index contributed by atoms with van der Waals surface area (Å²) in [5, 5.41) is 0. The fraction of sp³-hybridized carbons (Fsp3) is 0.421. The van der Waals surface area contributed by atoms with E-state index >= 15 is 0 Å². The van der Waals surface area contributed by atoms with Crippen molar-refractivity contribution in [2.75, 3.05) is 4.90 Å². The number of nitrogens with zero attached hydrogens (tertiary/aromatic N) is 1. The number of benzene rings is 1. The summed E-state index contributed by atoms with van der Waals surface area (Å²) in [6.07, 6.45) is 5.52. The van der Waals surface area contributed by atoms with Crippen LogP contribution in [0.4, 0.5) is 5.69 Å². The van der Waals surface area contributed by atoms with Gasteiger partial charge >= 0.3 is 0 Å². The third-order valence-electron chi connectivity index (χ3n) is 6.19. The number of hydrogen-bond donors (Lipinski definition) is 0. The predicted octanol–water partition coefficient (Wildman–Crippen LogP) is 2.45. The molecule has 0 N–H and O–H groups in total. The summed E-state index contributed by atoms with van der Waals surface area (Å²) in [6, 6.07) is 6.79. The fourth-order valence-corrected chi connectivity index (χ4v) is 5.06. The molecular weight excluding hydrogens is 290 g/mol. The van der Waals surface area contributed by atoms with Gasteiger partial charge in [-0.1, -0.05) is 12.2 Å². The zero-order valence-electron chi connectivity index (χ0n) is 12.8. The number of Topliss-reactive ketones (excluding diaryl/α,β-unsaturated/α-hetero) is 1. The number of amides is 2. The molecule has 6 atom stereocenters. The van der Waals surface area contributed by atoms with Crippen LogP contribution in [0.3, 0.4) is 0 Å². The molecule has 4 heteroatoms. The number of carbonyl (C=O) groups is 3. The Morgan fingerprint density at radius 2 is 1.48 bits per heavy atom. The molecule has 5 aliphatic rings. The third kappa shape index (κ3) is 1.58. The number of anilines is 1. The van der Waals surface area contributed by atoms with Crippen LogP contribution in [0, 0.1) is 35.5 Å². The highest BCUT2D eigenvalue weighted by molar-refractivity contribution is 6.22. The molecular formula is C19H17NO3. The van der Waals surface area contributed by atoms with Crippen molar-refractivity contribution < 1.29 is 14.4 Å². The number of carbonyl (C=O) groups excluding carboxylic acids is 3. The smallest absolute Gasteiger partial charge is 0.238 e. The average Bonchev–Trinajstić information content (AvgIpc) is 3.32. The molecule has 2 bridgehead atoms. The Kier molecular flexibility index (Phi) is 2.41. The molecule has 4 nitrogen and oxygen atoms in total. The maximum atomic E-state index is 12.9. The van der Waals surface area contributed by atoms with Gasteiger partial charge in [-0.3, -0.25) is 19.3 Å². The Labute approximate surface area is 134 Å². The van der Waals surface area contributed by atoms with E-state index in [1.807, 2.05) is 0 Å². The first-order chi connectivity index (χ1) is 11.1. The van der Waals surface area contributed by atoms with Crippen molar-refractivity contribution in [3.05, 3.63) is 42.0 Å². The van der Waals surface area contributed by atoms with Crippen LogP contribution in [0.1, 0.15) is 23.7 Å². The number of imide groups is 1. The maximum absolute atomic E-state index is 12.9. The monoisotopic (exact) mass is 307 g/mol. The van der Waals surface area contributed by atoms with E-state index in [9.17, 15) is 14.4 Å². The summed E-state index contributed by atoms with van der Waals surface area (Å²) in [6.45, 7) is 1.51. The zero-order chi connectivity index (χ0) is 15.9. The molecule has 4 aliphatic carbocycles. The molecule has 1 aromatic carbocycles. The van der Waals surface area contributed by atoms with E-state index in [0.717, 1.165) is 0 Å². The molecule has 2 saturated carbocycles. The van der Waals surface area contributed by atoms with Crippen molar-refractivity contribution >= 4 is 23.3 Å². The van der Waals surface area contributed by atoms with Gasteiger partial charge in [-0.05, 0) is 61.3 Å². The molecule has 0 spiro atoms. The second kappa shape index (κ2) is 4.19. The molecule has 3 fully saturated rings. The SMILES string of the molecule is CC(=O)c1ccc(N2C(=O)[C@@H]3[C@H]4C=C[C@@H]([C@@H]5C[C@@H]45)[C@H]3C2=O)cc1. The van der Waals surface area contributed by atoms with Gasteiger partial charge in [0.15, 0.2) is 5.78 Å². The first kappa shape index (κ1) is 13.2. The van der Waals surface area contributed by atoms with E-state index in [1.165, 1.54) is 18.2 Å². The van der Waals surface area contributed by atoms with Gasteiger partial charge in [0.2, 0.25) is 11.8 Å². The average molecular weight is 307 g/mol. The summed E-state index contributed by atoms with van der Waals surface area (Å²) in [5.41, 5.74) is 1.18. The lowest BCUT2D eigenvalue weighted by molar-refractivity contribution is -0.124. The van der Waals surface area contributed by atoms with Gasteiger partial charge in [0, 0.05) is 5.56 Å². The third-order valence-corrected chi connectivity index (χ3v) is 6.19. The van der Waals surface area contributed by atoms with Crippen molar-refractivity contribution in [2.24, 2.45) is 35.5 Å². The van der Waals surface area contributed by atoms with E-state index in [0.29, 0.717) is 23.1 Å². The van der Waals surface area contributed by atoms with E-state index < -0.39 is 0 Å². The number of allylic oxidation sites excluding steroid dienone is 2. The van der Waals surface area contributed by atoms with Gasteiger partial charge in [-0.2, -0.15) is 0 Å². The van der Waals surface area contributed by atoms with Crippen LogP contribution in [0.5, 0.6) is 0 Å². The topological polar surface area (TPSA) is 54.5 Å². The molecule has 0 unspecified atom stereocenters. The normalized spacial score (nSPS) is 39.4. The Hall–Kier alpha value is -2.23. The van der Waals surface area contributed by atoms with Gasteiger partial charge in [0.05, 0.1) is 17.5 Å². The summed E-state index contributed by atoms with van der Waals surface area (Å²) < 4.78 is 0. The summed E-state index contributed by atoms with van der Waals surface area (Å²) in [5.74, 6) is 1.24. The summed E-state index contributed by atoms with van der Waals surface area (Å²) >= 11 is 0. The van der Waals surface area contributed by atoms with E-state index in [-0.39, 0.29) is 41.3 Å². The van der Waals surface area contributed by atoms with Gasteiger partial charge in [-0.25, -0.2) is 0 Å². The van der Waals surface area contributed by atoms with Crippen LogP contribution in [0.2, 0.25) is 0 Å². The highest BCUT2D eigenvalue weighted by Crippen LogP contribution is 2.65. The zero-order valence-corrected chi connectivity index (χ0v) is 12.8. The van der Waals surface area contributed by atoms with Crippen molar-refractivity contribution in [3.63, 3.8) is 0 Å². The number of hydrogen-bond acceptors (Lipinski definition) is 3. The minimum atomic E-state index is -0.172. The summed E-state index contributed by atoms with van der Waals surface area (Å²) in [4.78, 5) is 38.6. The van der Waals surface area contributed by atoms with Crippen molar-refractivity contribution in [1.29, 1.82) is 0 Å². The highest BCUT2D eigenvalue weighted by Gasteiger charge is 2.67. The lowest BCUT2D eigenvalue weighted by Gasteiger charge is -2.37. The minimum absolute atomic E-state index is 0.0216. The van der Waals surface area contributed by atoms with Gasteiger partial charge < -0.3 is 0 Å². The molecule has 116 valence electrons. The van der Waals surface area contributed by atoms with Crippen LogP contribution in [-0.4, -0.2) is 17.6 Å². The van der Waals surface area contributed by atoms with Crippen LogP contribution < -0.4 is 4.90 Å². The number of ketones is 1. The van der Waals surface area contributed by atoms with Crippen LogP contribution in [-0.2, 0) is 9.59 Å².